The number of esters is 1. The molecule has 0 unspecified atom stereocenters. The van der Waals surface area contributed by atoms with E-state index in [-0.39, 0.29) is 30.1 Å². The van der Waals surface area contributed by atoms with Gasteiger partial charge >= 0.3 is 5.97 Å². The number of carbonyl (C=O) groups excluding carboxylic acids is 1. The summed E-state index contributed by atoms with van der Waals surface area (Å²) in [7, 11) is 4.54. The number of benzene rings is 2. The first-order chi connectivity index (χ1) is 16.8. The van der Waals surface area contributed by atoms with E-state index in [1.54, 1.807) is 19.9 Å². The molecular formula is C27H32O8. The van der Waals surface area contributed by atoms with Crippen molar-refractivity contribution >= 4 is 5.97 Å². The number of allylic oxidation sites excluding steroid dienone is 1. The lowest BCUT2D eigenvalue weighted by Crippen LogP contribution is -2.26. The lowest BCUT2D eigenvalue weighted by molar-refractivity contribution is -0.148. The van der Waals surface area contributed by atoms with Gasteiger partial charge in [-0.15, -0.1) is 0 Å². The first kappa shape index (κ1) is 24.6. The molecular weight excluding hydrogens is 452 g/mol. The van der Waals surface area contributed by atoms with Crippen molar-refractivity contribution in [3.8, 4) is 45.6 Å². The molecule has 0 amide bonds. The van der Waals surface area contributed by atoms with E-state index in [9.17, 15) is 9.90 Å². The van der Waals surface area contributed by atoms with E-state index in [1.165, 1.54) is 21.3 Å². The van der Waals surface area contributed by atoms with Gasteiger partial charge in [0.15, 0.2) is 23.0 Å². The second-order valence-electron chi connectivity index (χ2n) is 8.94. The second kappa shape index (κ2) is 9.60. The number of rotatable bonds is 5. The zero-order valence-corrected chi connectivity index (χ0v) is 21.2. The van der Waals surface area contributed by atoms with Crippen molar-refractivity contribution in [2.24, 2.45) is 11.8 Å². The zero-order chi connectivity index (χ0) is 25.4. The van der Waals surface area contributed by atoms with Crippen LogP contribution in [0.3, 0.4) is 0 Å². The lowest BCUT2D eigenvalue weighted by Gasteiger charge is -2.35. The minimum atomic E-state index is -0.633. The Kier molecular flexibility index (Phi) is 6.74. The van der Waals surface area contributed by atoms with Gasteiger partial charge in [-0.25, -0.2) is 4.79 Å². The van der Waals surface area contributed by atoms with Gasteiger partial charge in [-0.2, -0.15) is 0 Å². The number of methoxy groups -OCH3 is 3. The van der Waals surface area contributed by atoms with E-state index >= 15 is 0 Å². The Bertz CT molecular complexity index is 1180. The van der Waals surface area contributed by atoms with Crippen molar-refractivity contribution in [1.82, 2.24) is 0 Å². The SMILES string of the molecule is C/C=C(\C)C(=O)O[C@H]1c2cc3c(c(OC)c2-c2c(cc(OC)c(OC)c2O)C[C@@H](C)[C@H]1C)OCO3. The van der Waals surface area contributed by atoms with Crippen LogP contribution >= 0.6 is 0 Å². The molecule has 8 heteroatoms. The van der Waals surface area contributed by atoms with Crippen LogP contribution in [-0.4, -0.2) is 39.2 Å². The molecule has 0 aromatic heterocycles. The van der Waals surface area contributed by atoms with Crippen molar-refractivity contribution in [2.75, 3.05) is 28.1 Å². The summed E-state index contributed by atoms with van der Waals surface area (Å²) in [5.41, 5.74) is 3.12. The molecule has 35 heavy (non-hydrogen) atoms. The Labute approximate surface area is 205 Å². The van der Waals surface area contributed by atoms with Gasteiger partial charge < -0.3 is 33.5 Å². The molecule has 1 N–H and O–H groups in total. The van der Waals surface area contributed by atoms with E-state index in [2.05, 4.69) is 13.8 Å². The maximum absolute atomic E-state index is 12.9. The van der Waals surface area contributed by atoms with Crippen LogP contribution in [-0.2, 0) is 16.0 Å². The van der Waals surface area contributed by atoms with Crippen molar-refractivity contribution in [2.45, 2.75) is 40.2 Å². The number of hydrogen-bond donors (Lipinski definition) is 1. The van der Waals surface area contributed by atoms with Crippen molar-refractivity contribution < 1.29 is 38.3 Å². The van der Waals surface area contributed by atoms with Gasteiger partial charge in [0.25, 0.3) is 0 Å². The van der Waals surface area contributed by atoms with Crippen LogP contribution < -0.4 is 23.7 Å². The first-order valence-corrected chi connectivity index (χ1v) is 11.6. The van der Waals surface area contributed by atoms with Crippen LogP contribution in [0.2, 0.25) is 0 Å². The molecule has 188 valence electrons. The summed E-state index contributed by atoms with van der Waals surface area (Å²) < 4.78 is 34.4. The Hall–Kier alpha value is -3.55. The molecule has 0 spiro atoms. The zero-order valence-electron chi connectivity index (χ0n) is 21.2. The number of carbonyl (C=O) groups is 1. The molecule has 0 saturated carbocycles. The van der Waals surface area contributed by atoms with E-state index in [4.69, 9.17) is 28.4 Å². The van der Waals surface area contributed by atoms with E-state index in [0.29, 0.717) is 51.7 Å². The third-order valence-corrected chi connectivity index (χ3v) is 7.04. The number of phenols is 1. The summed E-state index contributed by atoms with van der Waals surface area (Å²) >= 11 is 0. The van der Waals surface area contributed by atoms with Crippen LogP contribution in [0.4, 0.5) is 0 Å². The van der Waals surface area contributed by atoms with Gasteiger partial charge in [-0.05, 0) is 43.9 Å². The molecule has 1 aliphatic carbocycles. The summed E-state index contributed by atoms with van der Waals surface area (Å²) in [6.07, 6.45) is 1.68. The Morgan fingerprint density at radius 1 is 1.06 bits per heavy atom. The molecule has 2 aliphatic rings. The third kappa shape index (κ3) is 4.00. The highest BCUT2D eigenvalue weighted by Crippen LogP contribution is 2.58. The average Bonchev–Trinajstić information content (AvgIpc) is 3.33. The molecule has 8 nitrogen and oxygen atoms in total. The molecule has 0 saturated heterocycles. The Morgan fingerprint density at radius 3 is 2.40 bits per heavy atom. The van der Waals surface area contributed by atoms with Gasteiger partial charge in [0.1, 0.15) is 6.10 Å². The molecule has 2 aromatic carbocycles. The summed E-state index contributed by atoms with van der Waals surface area (Å²) in [5, 5.41) is 11.5. The maximum atomic E-state index is 12.9. The van der Waals surface area contributed by atoms with Crippen molar-refractivity contribution in [3.63, 3.8) is 0 Å². The minimum Gasteiger partial charge on any atom is -0.504 e. The van der Waals surface area contributed by atoms with E-state index in [1.807, 2.05) is 12.1 Å². The van der Waals surface area contributed by atoms with Gasteiger partial charge in [-0.3, -0.25) is 0 Å². The summed E-state index contributed by atoms with van der Waals surface area (Å²) in [5.74, 6) is 1.47. The quantitative estimate of drug-likeness (QED) is 0.458. The van der Waals surface area contributed by atoms with Gasteiger partial charge in [0.2, 0.25) is 18.3 Å². The molecule has 0 fully saturated rings. The largest absolute Gasteiger partial charge is 0.504 e. The van der Waals surface area contributed by atoms with Crippen LogP contribution in [0.15, 0.2) is 23.8 Å². The molecule has 0 radical (unpaired) electrons. The predicted octanol–water partition coefficient (Wildman–Crippen LogP) is 5.19. The number of aromatic hydroxyl groups is 1. The lowest BCUT2D eigenvalue weighted by atomic mass is 9.76. The summed E-state index contributed by atoms with van der Waals surface area (Å²) in [6.45, 7) is 7.71. The summed E-state index contributed by atoms with van der Waals surface area (Å²) in [6, 6.07) is 3.69. The summed E-state index contributed by atoms with van der Waals surface area (Å²) in [4.78, 5) is 12.9. The smallest absolute Gasteiger partial charge is 0.333 e. The standard InChI is InChI=1S/C27H32O8/c1-8-13(2)27(29)35-23-15(4)14(3)9-16-10-18(30-5)24(31-6)22(28)20(16)21-17(23)11-19-25(26(21)32-7)34-12-33-19/h8,10-11,14-15,23,28H,9,12H2,1-7H3/b13-8+/t14-,15-,23-/m1/s1. The van der Waals surface area contributed by atoms with E-state index in [0.717, 1.165) is 5.56 Å². The number of phenolic OH excluding ortho intramolecular Hbond substituents is 1. The van der Waals surface area contributed by atoms with Crippen molar-refractivity contribution in [1.29, 1.82) is 0 Å². The van der Waals surface area contributed by atoms with Gasteiger partial charge in [0.05, 0.1) is 21.3 Å². The number of fused-ring (bicyclic) bond motifs is 4. The fourth-order valence-corrected chi connectivity index (χ4v) is 4.79. The van der Waals surface area contributed by atoms with Crippen molar-refractivity contribution in [3.05, 3.63) is 34.9 Å². The van der Waals surface area contributed by atoms with Crippen LogP contribution in [0.25, 0.3) is 11.1 Å². The Balaban J connectivity index is 2.09. The molecule has 1 heterocycles. The van der Waals surface area contributed by atoms with Gasteiger partial charge in [-0.1, -0.05) is 19.9 Å². The fourth-order valence-electron chi connectivity index (χ4n) is 4.79. The topological polar surface area (TPSA) is 92.7 Å². The molecule has 0 bridgehead atoms. The normalized spacial score (nSPS) is 20.8. The third-order valence-electron chi connectivity index (χ3n) is 7.04. The number of hydrogen-bond acceptors (Lipinski definition) is 8. The van der Waals surface area contributed by atoms with E-state index < -0.39 is 12.1 Å². The molecule has 2 aromatic rings. The second-order valence-corrected chi connectivity index (χ2v) is 8.94. The highest BCUT2D eigenvalue weighted by atomic mass is 16.7. The molecule has 3 atom stereocenters. The molecule has 1 aliphatic heterocycles. The minimum absolute atomic E-state index is 0.0352. The van der Waals surface area contributed by atoms with Crippen LogP contribution in [0.5, 0.6) is 34.5 Å². The highest BCUT2D eigenvalue weighted by molar-refractivity contribution is 5.90. The molecule has 4 rings (SSSR count). The monoisotopic (exact) mass is 484 g/mol. The highest BCUT2D eigenvalue weighted by Gasteiger charge is 2.39. The van der Waals surface area contributed by atoms with Crippen LogP contribution in [0.1, 0.15) is 44.9 Å². The number of ether oxygens (including phenoxy) is 6. The van der Waals surface area contributed by atoms with Crippen LogP contribution in [0, 0.1) is 11.8 Å². The average molecular weight is 485 g/mol. The Morgan fingerprint density at radius 2 is 1.77 bits per heavy atom. The maximum Gasteiger partial charge on any atom is 0.333 e. The van der Waals surface area contributed by atoms with Gasteiger partial charge in [0, 0.05) is 28.2 Å². The first-order valence-electron chi connectivity index (χ1n) is 11.6. The fraction of sp³-hybridized carbons (Fsp3) is 0.444. The predicted molar refractivity (Wildman–Crippen MR) is 130 cm³/mol.